The zero-order valence-corrected chi connectivity index (χ0v) is 19.0. The lowest BCUT2D eigenvalue weighted by atomic mass is 10.00. The third-order valence-electron chi connectivity index (χ3n) is 4.91. The molecule has 0 atom stereocenters. The maximum atomic E-state index is 10.1. The number of fused-ring (bicyclic) bond motifs is 1. The SMILES string of the molecule is COc1ccc(-c2c(I)c(-c3ccco3)nc(Oc3ccc4c(c3)OCO4)c2C#N)cc1. The molecule has 2 aromatic carbocycles. The molecule has 1 aliphatic heterocycles. The van der Waals surface area contributed by atoms with Crippen molar-refractivity contribution in [2.24, 2.45) is 0 Å². The van der Waals surface area contributed by atoms with Crippen molar-refractivity contribution in [2.75, 3.05) is 13.9 Å². The van der Waals surface area contributed by atoms with E-state index in [2.05, 4.69) is 33.6 Å². The van der Waals surface area contributed by atoms with Crippen molar-refractivity contribution in [2.45, 2.75) is 0 Å². The van der Waals surface area contributed by atoms with Crippen LogP contribution in [0.4, 0.5) is 0 Å². The Balaban J connectivity index is 1.68. The summed E-state index contributed by atoms with van der Waals surface area (Å²) in [6.45, 7) is 0.161. The monoisotopic (exact) mass is 538 g/mol. The summed E-state index contributed by atoms with van der Waals surface area (Å²) in [5.74, 6) is 3.16. The van der Waals surface area contributed by atoms with E-state index in [4.69, 9.17) is 23.4 Å². The Bertz CT molecular complexity index is 1330. The highest BCUT2D eigenvalue weighted by Gasteiger charge is 2.24. The fraction of sp³-hybridized carbons (Fsp3) is 0.0833. The summed E-state index contributed by atoms with van der Waals surface area (Å²) in [6.07, 6.45) is 1.58. The zero-order valence-electron chi connectivity index (χ0n) is 16.8. The first-order valence-electron chi connectivity index (χ1n) is 9.57. The number of nitriles is 1. The molecule has 3 heterocycles. The van der Waals surface area contributed by atoms with E-state index >= 15 is 0 Å². The minimum absolute atomic E-state index is 0.161. The summed E-state index contributed by atoms with van der Waals surface area (Å²) in [5.41, 5.74) is 2.43. The fourth-order valence-corrected chi connectivity index (χ4v) is 4.34. The van der Waals surface area contributed by atoms with Crippen LogP contribution in [-0.4, -0.2) is 18.9 Å². The smallest absolute Gasteiger partial charge is 0.238 e. The molecular formula is C24H15IN2O5. The average molecular weight is 538 g/mol. The summed E-state index contributed by atoms with van der Waals surface area (Å²) in [5, 5.41) is 10.1. The van der Waals surface area contributed by atoms with Crippen LogP contribution >= 0.6 is 22.6 Å². The topological polar surface area (TPSA) is 86.7 Å². The van der Waals surface area contributed by atoms with Gasteiger partial charge in [-0.05, 0) is 64.6 Å². The molecule has 0 saturated heterocycles. The summed E-state index contributed by atoms with van der Waals surface area (Å²) in [6, 6.07) is 18.6. The highest BCUT2D eigenvalue weighted by molar-refractivity contribution is 14.1. The van der Waals surface area contributed by atoms with Crippen LogP contribution in [0, 0.1) is 14.9 Å². The van der Waals surface area contributed by atoms with Gasteiger partial charge in [0.1, 0.15) is 28.8 Å². The molecule has 0 aliphatic carbocycles. The minimum Gasteiger partial charge on any atom is -0.497 e. The van der Waals surface area contributed by atoms with E-state index in [1.165, 1.54) is 0 Å². The van der Waals surface area contributed by atoms with Crippen molar-refractivity contribution in [3.8, 4) is 57.5 Å². The molecule has 0 radical (unpaired) electrons. The van der Waals surface area contributed by atoms with Crippen molar-refractivity contribution in [3.63, 3.8) is 0 Å². The number of rotatable bonds is 5. The average Bonchev–Trinajstić information content (AvgIpc) is 3.52. The molecule has 2 aromatic heterocycles. The van der Waals surface area contributed by atoms with Gasteiger partial charge in [0.05, 0.1) is 16.9 Å². The molecule has 7 nitrogen and oxygen atoms in total. The number of hydrogen-bond acceptors (Lipinski definition) is 7. The number of benzene rings is 2. The number of aromatic nitrogens is 1. The largest absolute Gasteiger partial charge is 0.497 e. The first-order valence-corrected chi connectivity index (χ1v) is 10.6. The maximum Gasteiger partial charge on any atom is 0.238 e. The molecule has 158 valence electrons. The molecule has 0 amide bonds. The molecule has 8 heteroatoms. The second-order valence-corrected chi connectivity index (χ2v) is 7.84. The minimum atomic E-state index is 0.161. The second kappa shape index (κ2) is 8.43. The Hall–Kier alpha value is -3.71. The third-order valence-corrected chi connectivity index (χ3v) is 5.96. The lowest BCUT2D eigenvalue weighted by Gasteiger charge is -2.15. The molecule has 32 heavy (non-hydrogen) atoms. The molecule has 0 saturated carbocycles. The number of ether oxygens (including phenoxy) is 4. The van der Waals surface area contributed by atoms with Gasteiger partial charge in [0.15, 0.2) is 17.3 Å². The molecular weight excluding hydrogens is 523 g/mol. The number of pyridine rings is 1. The Morgan fingerprint density at radius 1 is 1.03 bits per heavy atom. The van der Waals surface area contributed by atoms with Gasteiger partial charge in [0.2, 0.25) is 12.7 Å². The quantitative estimate of drug-likeness (QED) is 0.288. The summed E-state index contributed by atoms with van der Waals surface area (Å²) in [7, 11) is 1.61. The summed E-state index contributed by atoms with van der Waals surface area (Å²) >= 11 is 2.19. The van der Waals surface area contributed by atoms with Gasteiger partial charge in [-0.2, -0.15) is 5.26 Å². The highest BCUT2D eigenvalue weighted by atomic mass is 127. The van der Waals surface area contributed by atoms with Crippen LogP contribution in [-0.2, 0) is 0 Å². The predicted molar refractivity (Wildman–Crippen MR) is 124 cm³/mol. The van der Waals surface area contributed by atoms with Gasteiger partial charge in [0, 0.05) is 11.6 Å². The van der Waals surface area contributed by atoms with E-state index in [0.717, 1.165) is 14.9 Å². The molecule has 1 aliphatic rings. The highest BCUT2D eigenvalue weighted by Crippen LogP contribution is 2.42. The van der Waals surface area contributed by atoms with Crippen molar-refractivity contribution >= 4 is 22.6 Å². The van der Waals surface area contributed by atoms with E-state index in [9.17, 15) is 5.26 Å². The van der Waals surface area contributed by atoms with Gasteiger partial charge in [-0.3, -0.25) is 0 Å². The first kappa shape index (κ1) is 20.2. The second-order valence-electron chi connectivity index (χ2n) is 6.76. The normalized spacial score (nSPS) is 11.8. The number of furan rings is 1. The molecule has 0 bridgehead atoms. The molecule has 0 fully saturated rings. The number of halogens is 1. The molecule has 0 N–H and O–H groups in total. The van der Waals surface area contributed by atoms with Crippen molar-refractivity contribution in [3.05, 3.63) is 70.0 Å². The fourth-order valence-electron chi connectivity index (χ4n) is 3.38. The lowest BCUT2D eigenvalue weighted by Crippen LogP contribution is -2.01. The van der Waals surface area contributed by atoms with Crippen LogP contribution in [0.2, 0.25) is 0 Å². The van der Waals surface area contributed by atoms with E-state index in [-0.39, 0.29) is 12.7 Å². The van der Waals surface area contributed by atoms with Gasteiger partial charge in [-0.25, -0.2) is 4.98 Å². The Morgan fingerprint density at radius 2 is 1.81 bits per heavy atom. The zero-order chi connectivity index (χ0) is 22.1. The van der Waals surface area contributed by atoms with E-state index in [0.29, 0.717) is 39.8 Å². The number of nitrogens with zero attached hydrogens (tertiary/aromatic N) is 2. The molecule has 4 aromatic rings. The predicted octanol–water partition coefficient (Wildman–Crippen LogP) is 6.01. The van der Waals surface area contributed by atoms with Gasteiger partial charge < -0.3 is 23.4 Å². The number of methoxy groups -OCH3 is 1. The number of hydrogen-bond donors (Lipinski definition) is 0. The molecule has 0 spiro atoms. The van der Waals surface area contributed by atoms with Gasteiger partial charge in [-0.15, -0.1) is 0 Å². The lowest BCUT2D eigenvalue weighted by molar-refractivity contribution is 0.174. The standard InChI is InChI=1S/C24H15IN2O5/c1-28-15-6-4-14(5-7-15)21-17(12-26)24(27-23(22(21)25)19-3-2-10-29-19)32-16-8-9-18-20(11-16)31-13-30-18/h2-11H,13H2,1H3. The van der Waals surface area contributed by atoms with Crippen molar-refractivity contribution in [1.29, 1.82) is 5.26 Å². The summed E-state index contributed by atoms with van der Waals surface area (Å²) < 4.78 is 28.5. The summed E-state index contributed by atoms with van der Waals surface area (Å²) in [4.78, 5) is 4.65. The van der Waals surface area contributed by atoms with Crippen LogP contribution in [0.1, 0.15) is 5.56 Å². The maximum absolute atomic E-state index is 10.1. The van der Waals surface area contributed by atoms with Crippen LogP contribution in [0.5, 0.6) is 28.9 Å². The van der Waals surface area contributed by atoms with Crippen LogP contribution in [0.3, 0.4) is 0 Å². The van der Waals surface area contributed by atoms with E-state index in [1.54, 1.807) is 37.6 Å². The van der Waals surface area contributed by atoms with Gasteiger partial charge >= 0.3 is 0 Å². The Labute approximate surface area is 197 Å². The van der Waals surface area contributed by atoms with Crippen LogP contribution in [0.25, 0.3) is 22.6 Å². The van der Waals surface area contributed by atoms with Crippen molar-refractivity contribution in [1.82, 2.24) is 4.98 Å². The van der Waals surface area contributed by atoms with Gasteiger partial charge in [-0.1, -0.05) is 12.1 Å². The van der Waals surface area contributed by atoms with Crippen molar-refractivity contribution < 1.29 is 23.4 Å². The third kappa shape index (κ3) is 3.61. The Morgan fingerprint density at radius 3 is 2.53 bits per heavy atom. The van der Waals surface area contributed by atoms with E-state index < -0.39 is 0 Å². The van der Waals surface area contributed by atoms with Crippen LogP contribution < -0.4 is 18.9 Å². The van der Waals surface area contributed by atoms with E-state index in [1.807, 2.05) is 30.3 Å². The first-order chi connectivity index (χ1) is 15.7. The molecule has 5 rings (SSSR count). The Kier molecular flexibility index (Phi) is 5.33. The van der Waals surface area contributed by atoms with Crippen LogP contribution in [0.15, 0.2) is 65.3 Å². The van der Waals surface area contributed by atoms with Gasteiger partial charge in [0.25, 0.3) is 0 Å². The molecule has 0 unspecified atom stereocenters.